The van der Waals surface area contributed by atoms with Crippen LogP contribution in [0.25, 0.3) is 0 Å². The van der Waals surface area contributed by atoms with Gasteiger partial charge in [-0.3, -0.25) is 14.4 Å². The van der Waals surface area contributed by atoms with E-state index in [1.165, 1.54) is 12.8 Å². The summed E-state index contributed by atoms with van der Waals surface area (Å²) >= 11 is 1.60. The highest BCUT2D eigenvalue weighted by molar-refractivity contribution is 7.98. The number of carbonyl (C=O) groups is 3. The Morgan fingerprint density at radius 1 is 1.21 bits per heavy atom. The maximum Gasteiger partial charge on any atom is 0.312 e. The normalized spacial score (nSPS) is 21.5. The van der Waals surface area contributed by atoms with E-state index in [4.69, 9.17) is 4.74 Å². The number of anilines is 1. The van der Waals surface area contributed by atoms with Crippen LogP contribution in [-0.4, -0.2) is 42.7 Å². The molecule has 2 aliphatic rings. The first kappa shape index (κ1) is 21.7. The summed E-state index contributed by atoms with van der Waals surface area (Å²) in [6.07, 6.45) is 7.86. The van der Waals surface area contributed by atoms with E-state index in [0.29, 0.717) is 0 Å². The molecule has 158 valence electrons. The fourth-order valence-corrected chi connectivity index (χ4v) is 4.41. The second-order valence-electron chi connectivity index (χ2n) is 7.88. The largest absolute Gasteiger partial charge is 0.452 e. The van der Waals surface area contributed by atoms with Gasteiger partial charge < -0.3 is 15.0 Å². The summed E-state index contributed by atoms with van der Waals surface area (Å²) in [6.45, 7) is 1.88. The molecule has 29 heavy (non-hydrogen) atoms. The van der Waals surface area contributed by atoms with Crippen molar-refractivity contribution in [2.45, 2.75) is 68.9 Å². The van der Waals surface area contributed by atoms with Crippen molar-refractivity contribution in [2.24, 2.45) is 5.92 Å². The first-order valence-corrected chi connectivity index (χ1v) is 11.7. The Balaban J connectivity index is 1.53. The molecule has 3 rings (SSSR count). The number of nitrogens with one attached hydrogen (secondary N) is 1. The number of esters is 1. The van der Waals surface area contributed by atoms with Gasteiger partial charge in [0.25, 0.3) is 5.91 Å². The first-order chi connectivity index (χ1) is 14.0. The van der Waals surface area contributed by atoms with Crippen LogP contribution in [0.1, 0.15) is 51.9 Å². The van der Waals surface area contributed by atoms with Gasteiger partial charge in [0.1, 0.15) is 0 Å². The molecule has 1 aromatic rings. The number of hydrogen-bond acceptors (Lipinski definition) is 5. The molecule has 0 aromatic heterocycles. The third-order valence-corrected chi connectivity index (χ3v) is 6.41. The highest BCUT2D eigenvalue weighted by atomic mass is 32.2. The predicted octanol–water partition coefficient (Wildman–Crippen LogP) is 3.53. The van der Waals surface area contributed by atoms with Crippen LogP contribution in [0.15, 0.2) is 29.2 Å². The minimum atomic E-state index is -0.852. The summed E-state index contributed by atoms with van der Waals surface area (Å²) in [4.78, 5) is 40.1. The van der Waals surface area contributed by atoms with Crippen LogP contribution in [0.4, 0.5) is 5.69 Å². The van der Waals surface area contributed by atoms with Crippen molar-refractivity contribution in [3.05, 3.63) is 24.3 Å². The highest BCUT2D eigenvalue weighted by Gasteiger charge is 2.37. The molecule has 1 aliphatic carbocycles. The van der Waals surface area contributed by atoms with E-state index in [1.54, 1.807) is 23.6 Å². The van der Waals surface area contributed by atoms with Gasteiger partial charge >= 0.3 is 5.97 Å². The van der Waals surface area contributed by atoms with Gasteiger partial charge in [0, 0.05) is 29.6 Å². The Kier molecular flexibility index (Phi) is 7.58. The molecular weight excluding hydrogens is 388 g/mol. The van der Waals surface area contributed by atoms with Gasteiger partial charge in [-0.05, 0) is 44.2 Å². The van der Waals surface area contributed by atoms with Crippen LogP contribution in [0.3, 0.4) is 0 Å². The summed E-state index contributed by atoms with van der Waals surface area (Å²) in [5.41, 5.74) is 0.788. The molecule has 0 bridgehead atoms. The fourth-order valence-electron chi connectivity index (χ4n) is 3.96. The molecule has 2 amide bonds. The van der Waals surface area contributed by atoms with Gasteiger partial charge in [-0.25, -0.2) is 0 Å². The maximum atomic E-state index is 12.6. The molecule has 7 heteroatoms. The van der Waals surface area contributed by atoms with Crippen LogP contribution in [0, 0.1) is 5.92 Å². The number of ether oxygens (including phenoxy) is 1. The summed E-state index contributed by atoms with van der Waals surface area (Å²) in [7, 11) is 0. The molecular formula is C22H30N2O4S. The molecule has 1 saturated carbocycles. The number of amides is 2. The lowest BCUT2D eigenvalue weighted by Gasteiger charge is -2.21. The van der Waals surface area contributed by atoms with Gasteiger partial charge in [0.2, 0.25) is 5.91 Å². The van der Waals surface area contributed by atoms with Gasteiger partial charge in [0.15, 0.2) is 6.10 Å². The maximum absolute atomic E-state index is 12.6. The number of carbonyl (C=O) groups excluding carboxylic acids is 3. The summed E-state index contributed by atoms with van der Waals surface area (Å²) in [5, 5.41) is 3.01. The van der Waals surface area contributed by atoms with E-state index in [0.717, 1.165) is 36.3 Å². The lowest BCUT2D eigenvalue weighted by Crippen LogP contribution is -2.42. The summed E-state index contributed by atoms with van der Waals surface area (Å²) in [5.74, 6) is -1.38. The van der Waals surface area contributed by atoms with Crippen molar-refractivity contribution in [2.75, 3.05) is 17.7 Å². The van der Waals surface area contributed by atoms with Crippen molar-refractivity contribution in [1.29, 1.82) is 0 Å². The van der Waals surface area contributed by atoms with E-state index < -0.39 is 18.0 Å². The third-order valence-electron chi connectivity index (χ3n) is 5.69. The highest BCUT2D eigenvalue weighted by Crippen LogP contribution is 2.29. The minimum absolute atomic E-state index is 0.0965. The van der Waals surface area contributed by atoms with Gasteiger partial charge in [-0.15, -0.1) is 11.8 Å². The van der Waals surface area contributed by atoms with E-state index in [2.05, 4.69) is 5.32 Å². The van der Waals surface area contributed by atoms with Crippen molar-refractivity contribution in [3.63, 3.8) is 0 Å². The number of rotatable bonds is 6. The zero-order valence-electron chi connectivity index (χ0n) is 17.2. The molecule has 1 saturated heterocycles. The second kappa shape index (κ2) is 10.1. The molecule has 0 radical (unpaired) electrons. The predicted molar refractivity (Wildman–Crippen MR) is 114 cm³/mol. The molecule has 2 atom stereocenters. The first-order valence-electron chi connectivity index (χ1n) is 10.4. The van der Waals surface area contributed by atoms with Gasteiger partial charge in [-0.2, -0.15) is 0 Å². The average molecular weight is 419 g/mol. The van der Waals surface area contributed by atoms with Crippen LogP contribution in [-0.2, 0) is 19.1 Å². The van der Waals surface area contributed by atoms with Crippen LogP contribution in [0.2, 0.25) is 0 Å². The number of benzene rings is 1. The average Bonchev–Trinajstić information content (AvgIpc) is 2.93. The van der Waals surface area contributed by atoms with Crippen LogP contribution >= 0.6 is 11.8 Å². The van der Waals surface area contributed by atoms with Crippen molar-refractivity contribution < 1.29 is 19.1 Å². The fraction of sp³-hybridized carbons (Fsp3) is 0.591. The monoisotopic (exact) mass is 418 g/mol. The van der Waals surface area contributed by atoms with E-state index in [9.17, 15) is 14.4 Å². The SMILES string of the molecule is CSc1cccc(N2C[C@@H](C(=O)O[C@H](C)C(=O)NC3CCCCCC3)CC2=O)c1. The third kappa shape index (κ3) is 5.75. The lowest BCUT2D eigenvalue weighted by molar-refractivity contribution is -0.158. The molecule has 2 fully saturated rings. The Bertz CT molecular complexity index is 746. The zero-order valence-corrected chi connectivity index (χ0v) is 18.0. The van der Waals surface area contributed by atoms with Crippen molar-refractivity contribution in [1.82, 2.24) is 5.32 Å². The zero-order chi connectivity index (χ0) is 20.8. The molecule has 1 aliphatic heterocycles. The number of hydrogen-bond donors (Lipinski definition) is 1. The molecule has 1 heterocycles. The second-order valence-corrected chi connectivity index (χ2v) is 8.76. The molecule has 0 unspecified atom stereocenters. The number of thioether (sulfide) groups is 1. The lowest BCUT2D eigenvalue weighted by atomic mass is 10.1. The quantitative estimate of drug-likeness (QED) is 0.434. The summed E-state index contributed by atoms with van der Waals surface area (Å²) in [6, 6.07) is 7.86. The molecule has 0 spiro atoms. The Hall–Kier alpha value is -2.02. The Morgan fingerprint density at radius 2 is 1.93 bits per heavy atom. The van der Waals surface area contributed by atoms with E-state index >= 15 is 0 Å². The molecule has 1 aromatic carbocycles. The summed E-state index contributed by atoms with van der Waals surface area (Å²) < 4.78 is 5.41. The minimum Gasteiger partial charge on any atom is -0.452 e. The molecule has 1 N–H and O–H groups in total. The van der Waals surface area contributed by atoms with Crippen molar-refractivity contribution >= 4 is 35.2 Å². The van der Waals surface area contributed by atoms with Crippen LogP contribution in [0.5, 0.6) is 0 Å². The topological polar surface area (TPSA) is 75.7 Å². The number of nitrogens with zero attached hydrogens (tertiary/aromatic N) is 1. The van der Waals surface area contributed by atoms with Crippen LogP contribution < -0.4 is 10.2 Å². The van der Waals surface area contributed by atoms with Gasteiger partial charge in [-0.1, -0.05) is 31.7 Å². The standard InChI is InChI=1S/C22H30N2O4S/c1-15(21(26)23-17-8-5-3-4-6-9-17)28-22(27)16-12-20(25)24(14-16)18-10-7-11-19(13-18)29-2/h7,10-11,13,15-17H,3-6,8-9,12,14H2,1-2H3,(H,23,26)/t15-,16+/m1/s1. The van der Waals surface area contributed by atoms with E-state index in [1.807, 2.05) is 30.5 Å². The van der Waals surface area contributed by atoms with E-state index in [-0.39, 0.29) is 30.8 Å². The van der Waals surface area contributed by atoms with Gasteiger partial charge in [0.05, 0.1) is 5.92 Å². The van der Waals surface area contributed by atoms with Crippen molar-refractivity contribution in [3.8, 4) is 0 Å². The smallest absolute Gasteiger partial charge is 0.312 e. The molecule has 6 nitrogen and oxygen atoms in total. The Morgan fingerprint density at radius 3 is 2.62 bits per heavy atom. The Labute approximate surface area is 176 Å².